The molecule has 3 rings (SSSR count). The Balaban J connectivity index is 1.87. The molecular weight excluding hydrogens is 268 g/mol. The number of amides is 2. The first-order valence-electron chi connectivity index (χ1n) is 8.18. The van der Waals surface area contributed by atoms with Crippen molar-refractivity contribution in [2.24, 2.45) is 5.92 Å². The van der Waals surface area contributed by atoms with Crippen LogP contribution in [0.15, 0.2) is 0 Å². The van der Waals surface area contributed by atoms with Gasteiger partial charge in [-0.3, -0.25) is 9.59 Å². The topological polar surface area (TPSA) is 58.6 Å². The van der Waals surface area contributed by atoms with E-state index in [0.717, 1.165) is 44.9 Å². The number of hydrogen-bond acceptors (Lipinski definition) is 3. The Morgan fingerprint density at radius 3 is 2.52 bits per heavy atom. The van der Waals surface area contributed by atoms with Gasteiger partial charge >= 0.3 is 0 Å². The molecule has 2 amide bonds. The fraction of sp³-hybridized carbons (Fsp3) is 0.875. The molecule has 2 saturated carbocycles. The Morgan fingerprint density at radius 1 is 1.29 bits per heavy atom. The van der Waals surface area contributed by atoms with Crippen molar-refractivity contribution in [2.45, 2.75) is 62.9 Å². The summed E-state index contributed by atoms with van der Waals surface area (Å²) in [5.41, 5.74) is -1.27. The van der Waals surface area contributed by atoms with Crippen LogP contribution in [0.1, 0.15) is 51.9 Å². The molecule has 0 aromatic heterocycles. The van der Waals surface area contributed by atoms with Crippen LogP contribution < -0.4 is 5.32 Å². The van der Waals surface area contributed by atoms with Gasteiger partial charge in [0.15, 0.2) is 0 Å². The molecule has 0 bridgehead atoms. The van der Waals surface area contributed by atoms with Crippen LogP contribution in [0.5, 0.6) is 0 Å². The van der Waals surface area contributed by atoms with Crippen LogP contribution in [0, 0.1) is 5.92 Å². The van der Waals surface area contributed by atoms with Gasteiger partial charge in [0.05, 0.1) is 0 Å². The minimum atomic E-state index is -0.654. The van der Waals surface area contributed by atoms with E-state index in [-0.39, 0.29) is 11.8 Å². The molecule has 1 atom stereocenters. The van der Waals surface area contributed by atoms with Crippen LogP contribution in [0.2, 0.25) is 0 Å². The summed E-state index contributed by atoms with van der Waals surface area (Å²) in [6.07, 6.45) is 6.51. The summed E-state index contributed by atoms with van der Waals surface area (Å²) in [6, 6.07) is 0. The molecule has 0 radical (unpaired) electrons. The number of nitrogens with zero attached hydrogens (tertiary/aromatic N) is 1. The highest BCUT2D eigenvalue weighted by Gasteiger charge is 2.61. The molecule has 3 aliphatic rings. The summed E-state index contributed by atoms with van der Waals surface area (Å²) in [6.45, 7) is 3.19. The van der Waals surface area contributed by atoms with Crippen molar-refractivity contribution in [1.82, 2.24) is 10.2 Å². The van der Waals surface area contributed by atoms with E-state index >= 15 is 0 Å². The summed E-state index contributed by atoms with van der Waals surface area (Å²) >= 11 is 0. The molecule has 1 unspecified atom stereocenters. The van der Waals surface area contributed by atoms with E-state index in [9.17, 15) is 9.59 Å². The van der Waals surface area contributed by atoms with Gasteiger partial charge in [-0.2, -0.15) is 0 Å². The third-order valence-electron chi connectivity index (χ3n) is 5.59. The Labute approximate surface area is 126 Å². The fourth-order valence-electron chi connectivity index (χ4n) is 4.06. The summed E-state index contributed by atoms with van der Waals surface area (Å²) in [7, 11) is 1.67. The third kappa shape index (κ3) is 2.26. The number of carbonyl (C=O) groups excluding carboxylic acids is 2. The summed E-state index contributed by atoms with van der Waals surface area (Å²) in [5, 5.41) is 3.11. The van der Waals surface area contributed by atoms with Gasteiger partial charge in [0.25, 0.3) is 0 Å². The minimum absolute atomic E-state index is 0.0592. The van der Waals surface area contributed by atoms with Gasteiger partial charge in [-0.15, -0.1) is 0 Å². The van der Waals surface area contributed by atoms with Crippen molar-refractivity contribution in [3.8, 4) is 0 Å². The SMILES string of the molecule is COCCCN1C(=O)C2(CCCC2)NC(=O)C1(C)C1CC1. The second-order valence-electron chi connectivity index (χ2n) is 6.97. The molecule has 5 nitrogen and oxygen atoms in total. The quantitative estimate of drug-likeness (QED) is 0.781. The third-order valence-corrected chi connectivity index (χ3v) is 5.59. The van der Waals surface area contributed by atoms with Crippen molar-refractivity contribution in [3.63, 3.8) is 0 Å². The molecule has 0 aromatic carbocycles. The maximum atomic E-state index is 13.1. The molecule has 1 N–H and O–H groups in total. The van der Waals surface area contributed by atoms with Crippen LogP contribution >= 0.6 is 0 Å². The van der Waals surface area contributed by atoms with Crippen LogP contribution in [0.3, 0.4) is 0 Å². The highest BCUT2D eigenvalue weighted by molar-refractivity contribution is 6.02. The fourth-order valence-corrected chi connectivity index (χ4v) is 4.06. The maximum Gasteiger partial charge on any atom is 0.249 e. The van der Waals surface area contributed by atoms with Gasteiger partial charge in [0.1, 0.15) is 11.1 Å². The van der Waals surface area contributed by atoms with Crippen LogP contribution in [0.4, 0.5) is 0 Å². The summed E-state index contributed by atoms with van der Waals surface area (Å²) in [5.74, 6) is 0.525. The van der Waals surface area contributed by atoms with Crippen molar-refractivity contribution >= 4 is 11.8 Å². The second-order valence-corrected chi connectivity index (χ2v) is 6.97. The number of nitrogens with one attached hydrogen (secondary N) is 1. The van der Waals surface area contributed by atoms with E-state index < -0.39 is 11.1 Å². The van der Waals surface area contributed by atoms with Crippen molar-refractivity contribution in [1.29, 1.82) is 0 Å². The summed E-state index contributed by atoms with van der Waals surface area (Å²) < 4.78 is 5.12. The van der Waals surface area contributed by atoms with Crippen LogP contribution in [-0.2, 0) is 14.3 Å². The smallest absolute Gasteiger partial charge is 0.249 e. The Kier molecular flexibility index (Phi) is 3.72. The average Bonchev–Trinajstić information content (AvgIpc) is 3.22. The molecule has 1 saturated heterocycles. The molecule has 2 aliphatic carbocycles. The highest BCUT2D eigenvalue weighted by atomic mass is 16.5. The van der Waals surface area contributed by atoms with Crippen LogP contribution in [-0.4, -0.2) is 48.1 Å². The Hall–Kier alpha value is -1.10. The molecule has 1 spiro atoms. The second kappa shape index (κ2) is 5.27. The molecule has 1 aliphatic heterocycles. The molecule has 5 heteroatoms. The predicted molar refractivity (Wildman–Crippen MR) is 78.7 cm³/mol. The number of rotatable bonds is 5. The summed E-state index contributed by atoms with van der Waals surface area (Å²) in [4.78, 5) is 27.8. The largest absolute Gasteiger partial charge is 0.385 e. The number of piperazine rings is 1. The van der Waals surface area contributed by atoms with Gasteiger partial charge in [-0.05, 0) is 44.9 Å². The first kappa shape index (κ1) is 14.8. The molecule has 21 heavy (non-hydrogen) atoms. The highest BCUT2D eigenvalue weighted by Crippen LogP contribution is 2.47. The van der Waals surface area contributed by atoms with E-state index in [2.05, 4.69) is 5.32 Å². The lowest BCUT2D eigenvalue weighted by Crippen LogP contribution is -2.75. The van der Waals surface area contributed by atoms with E-state index in [1.807, 2.05) is 11.8 Å². The zero-order valence-corrected chi connectivity index (χ0v) is 13.1. The van der Waals surface area contributed by atoms with Crippen molar-refractivity contribution < 1.29 is 14.3 Å². The molecule has 118 valence electrons. The maximum absolute atomic E-state index is 13.1. The van der Waals surface area contributed by atoms with E-state index in [4.69, 9.17) is 4.74 Å². The lowest BCUT2D eigenvalue weighted by molar-refractivity contribution is -0.164. The first-order valence-corrected chi connectivity index (χ1v) is 8.18. The standard InChI is InChI=1S/C16H26N2O3/c1-15(12-6-7-12)13(19)17-16(8-3-4-9-16)14(20)18(15)10-5-11-21-2/h12H,3-11H2,1-2H3,(H,17,19). The van der Waals surface area contributed by atoms with Gasteiger partial charge in [0, 0.05) is 20.3 Å². The predicted octanol–water partition coefficient (Wildman–Crippen LogP) is 1.46. The van der Waals surface area contributed by atoms with Crippen molar-refractivity contribution in [3.05, 3.63) is 0 Å². The van der Waals surface area contributed by atoms with Gasteiger partial charge in [0.2, 0.25) is 11.8 Å². The Bertz CT molecular complexity index is 441. The average molecular weight is 294 g/mol. The monoisotopic (exact) mass is 294 g/mol. The first-order chi connectivity index (χ1) is 10.0. The number of ether oxygens (including phenoxy) is 1. The van der Waals surface area contributed by atoms with Gasteiger partial charge in [-0.1, -0.05) is 12.8 Å². The minimum Gasteiger partial charge on any atom is -0.385 e. The lowest BCUT2D eigenvalue weighted by Gasteiger charge is -2.50. The zero-order chi connectivity index (χ0) is 15.1. The number of carbonyl (C=O) groups is 2. The zero-order valence-electron chi connectivity index (χ0n) is 13.1. The van der Waals surface area contributed by atoms with Gasteiger partial charge in [-0.25, -0.2) is 0 Å². The number of hydrogen-bond donors (Lipinski definition) is 1. The Morgan fingerprint density at radius 2 is 1.95 bits per heavy atom. The normalized spacial score (nSPS) is 31.8. The van der Waals surface area contributed by atoms with Crippen molar-refractivity contribution in [2.75, 3.05) is 20.3 Å². The van der Waals surface area contributed by atoms with Gasteiger partial charge < -0.3 is 15.0 Å². The molecular formula is C16H26N2O3. The molecule has 3 fully saturated rings. The van der Waals surface area contributed by atoms with E-state index in [0.29, 0.717) is 19.1 Å². The van der Waals surface area contributed by atoms with E-state index in [1.165, 1.54) is 0 Å². The van der Waals surface area contributed by atoms with Crippen LogP contribution in [0.25, 0.3) is 0 Å². The number of methoxy groups -OCH3 is 1. The molecule has 0 aromatic rings. The lowest BCUT2D eigenvalue weighted by atomic mass is 9.82. The molecule has 1 heterocycles. The van der Waals surface area contributed by atoms with E-state index in [1.54, 1.807) is 7.11 Å².